The van der Waals surface area contributed by atoms with Crippen LogP contribution in [-0.4, -0.2) is 28.6 Å². The molecular formula is C11H7NO5. The number of hydrogen-bond acceptors (Lipinski definition) is 4. The molecule has 2 aromatic rings. The zero-order valence-corrected chi connectivity index (χ0v) is 8.52. The summed E-state index contributed by atoms with van der Waals surface area (Å²) in [5.74, 6) is -1.34. The molecular weight excluding hydrogens is 226 g/mol. The minimum atomic E-state index is -1.48. The summed E-state index contributed by atoms with van der Waals surface area (Å²) in [5, 5.41) is 9.20. The highest BCUT2D eigenvalue weighted by atomic mass is 16.7. The van der Waals surface area contributed by atoms with E-state index in [1.807, 2.05) is 0 Å². The molecule has 0 bridgehead atoms. The van der Waals surface area contributed by atoms with E-state index < -0.39 is 11.8 Å². The number of carbonyl (C=O) groups excluding carboxylic acids is 1. The number of ketones is 1. The summed E-state index contributed by atoms with van der Waals surface area (Å²) in [5.41, 5.74) is 0.754. The Morgan fingerprint density at radius 3 is 2.65 bits per heavy atom. The molecule has 2 N–H and O–H groups in total. The number of hydrogen-bond donors (Lipinski definition) is 2. The van der Waals surface area contributed by atoms with Crippen LogP contribution in [-0.2, 0) is 4.79 Å². The van der Waals surface area contributed by atoms with Gasteiger partial charge in [0.15, 0.2) is 11.5 Å². The number of aromatic nitrogens is 1. The van der Waals surface area contributed by atoms with Crippen molar-refractivity contribution in [3.05, 3.63) is 23.9 Å². The van der Waals surface area contributed by atoms with E-state index >= 15 is 0 Å². The van der Waals surface area contributed by atoms with Crippen molar-refractivity contribution in [2.45, 2.75) is 0 Å². The van der Waals surface area contributed by atoms with Crippen LogP contribution in [0.3, 0.4) is 0 Å². The summed E-state index contributed by atoms with van der Waals surface area (Å²) < 4.78 is 10.4. The number of ether oxygens (including phenoxy) is 2. The number of benzene rings is 1. The zero-order chi connectivity index (χ0) is 12.0. The van der Waals surface area contributed by atoms with Crippen molar-refractivity contribution in [2.24, 2.45) is 0 Å². The van der Waals surface area contributed by atoms with Gasteiger partial charge >= 0.3 is 5.97 Å². The van der Waals surface area contributed by atoms with E-state index in [2.05, 4.69) is 4.98 Å². The van der Waals surface area contributed by atoms with Gasteiger partial charge < -0.3 is 19.6 Å². The summed E-state index contributed by atoms with van der Waals surface area (Å²) in [6, 6.07) is 3.28. The molecule has 1 aliphatic heterocycles. The first-order chi connectivity index (χ1) is 8.16. The van der Waals surface area contributed by atoms with E-state index in [-0.39, 0.29) is 12.4 Å². The van der Waals surface area contributed by atoms with Crippen LogP contribution in [0.4, 0.5) is 0 Å². The molecule has 0 saturated heterocycles. The standard InChI is InChI=1S/C11H7NO5/c13-10(11(14)15)6-3-12-7-2-9-8(1-5(6)7)16-4-17-9/h1-3,12H,4H2,(H,14,15). The molecule has 0 radical (unpaired) electrons. The summed E-state index contributed by atoms with van der Waals surface area (Å²) in [6.45, 7) is 0.129. The third-order valence-corrected chi connectivity index (χ3v) is 2.61. The van der Waals surface area contributed by atoms with E-state index in [0.29, 0.717) is 22.4 Å². The Morgan fingerprint density at radius 2 is 1.94 bits per heavy atom. The maximum atomic E-state index is 11.4. The highest BCUT2D eigenvalue weighted by Gasteiger charge is 2.22. The molecule has 0 unspecified atom stereocenters. The second-order valence-corrected chi connectivity index (χ2v) is 3.59. The zero-order valence-electron chi connectivity index (χ0n) is 8.52. The van der Waals surface area contributed by atoms with Crippen LogP contribution in [0.1, 0.15) is 10.4 Å². The molecule has 0 saturated carbocycles. The van der Waals surface area contributed by atoms with E-state index in [9.17, 15) is 9.59 Å². The van der Waals surface area contributed by atoms with E-state index in [1.165, 1.54) is 6.20 Å². The fourth-order valence-electron chi connectivity index (χ4n) is 1.81. The second kappa shape index (κ2) is 3.24. The Bertz CT molecular complexity index is 643. The SMILES string of the molecule is O=C(O)C(=O)c1c[nH]c2cc3c(cc12)OCO3. The monoisotopic (exact) mass is 233 g/mol. The number of carboxylic acids is 1. The lowest BCUT2D eigenvalue weighted by molar-refractivity contribution is -0.131. The Kier molecular flexibility index (Phi) is 1.85. The van der Waals surface area contributed by atoms with Gasteiger partial charge in [-0.1, -0.05) is 0 Å². The first-order valence-corrected chi connectivity index (χ1v) is 4.85. The number of H-pyrrole nitrogens is 1. The number of rotatable bonds is 2. The number of aliphatic carboxylic acids is 1. The molecule has 6 nitrogen and oxygen atoms in total. The van der Waals surface area contributed by atoms with Crippen molar-refractivity contribution in [2.75, 3.05) is 6.79 Å². The minimum absolute atomic E-state index is 0.116. The summed E-state index contributed by atoms with van der Waals surface area (Å²) in [7, 11) is 0. The van der Waals surface area contributed by atoms with Crippen LogP contribution in [0.25, 0.3) is 10.9 Å². The maximum Gasteiger partial charge on any atom is 0.377 e. The predicted octanol–water partition coefficient (Wildman–Crippen LogP) is 1.16. The molecule has 0 aliphatic carbocycles. The van der Waals surface area contributed by atoms with Gasteiger partial charge in [-0.3, -0.25) is 4.79 Å². The van der Waals surface area contributed by atoms with Gasteiger partial charge in [-0.15, -0.1) is 0 Å². The lowest BCUT2D eigenvalue weighted by Gasteiger charge is -1.97. The highest BCUT2D eigenvalue weighted by Crippen LogP contribution is 2.36. The number of Topliss-reactive ketones (excluding diaryl/α,β-unsaturated/α-hetero) is 1. The molecule has 17 heavy (non-hydrogen) atoms. The normalized spacial score (nSPS) is 12.9. The quantitative estimate of drug-likeness (QED) is 0.600. The van der Waals surface area contributed by atoms with E-state index in [4.69, 9.17) is 14.6 Å². The van der Waals surface area contributed by atoms with E-state index in [1.54, 1.807) is 12.1 Å². The number of carbonyl (C=O) groups is 2. The maximum absolute atomic E-state index is 11.4. The van der Waals surface area contributed by atoms with Crippen molar-refractivity contribution in [3.63, 3.8) is 0 Å². The third kappa shape index (κ3) is 1.34. The highest BCUT2D eigenvalue weighted by molar-refractivity contribution is 6.42. The fourth-order valence-corrected chi connectivity index (χ4v) is 1.81. The van der Waals surface area contributed by atoms with Gasteiger partial charge in [0.05, 0.1) is 11.1 Å². The minimum Gasteiger partial charge on any atom is -0.475 e. The Balaban J connectivity index is 2.22. The lowest BCUT2D eigenvalue weighted by Crippen LogP contribution is -2.11. The second-order valence-electron chi connectivity index (χ2n) is 3.59. The number of aromatic amines is 1. The topological polar surface area (TPSA) is 88.6 Å². The molecule has 1 aliphatic rings. The number of fused-ring (bicyclic) bond motifs is 2. The van der Waals surface area contributed by atoms with E-state index in [0.717, 1.165) is 0 Å². The van der Waals surface area contributed by atoms with Gasteiger partial charge in [0.1, 0.15) is 0 Å². The molecule has 0 amide bonds. The molecule has 3 rings (SSSR count). The summed E-state index contributed by atoms with van der Waals surface area (Å²) >= 11 is 0. The average Bonchev–Trinajstić information content (AvgIpc) is 2.89. The molecule has 1 aromatic heterocycles. The van der Waals surface area contributed by atoms with Crippen LogP contribution in [0.2, 0.25) is 0 Å². The average molecular weight is 233 g/mol. The van der Waals surface area contributed by atoms with Crippen molar-refractivity contribution < 1.29 is 24.2 Å². The largest absolute Gasteiger partial charge is 0.475 e. The first-order valence-electron chi connectivity index (χ1n) is 4.85. The number of carboxylic acid groups (broad SMARTS) is 1. The predicted molar refractivity (Wildman–Crippen MR) is 56.4 cm³/mol. The Hall–Kier alpha value is -2.50. The molecule has 86 valence electrons. The Labute approximate surface area is 94.8 Å². The molecule has 6 heteroatoms. The van der Waals surface area contributed by atoms with Crippen molar-refractivity contribution in [1.82, 2.24) is 4.98 Å². The lowest BCUT2D eigenvalue weighted by atomic mass is 10.1. The van der Waals surface area contributed by atoms with Crippen LogP contribution in [0, 0.1) is 0 Å². The molecule has 2 heterocycles. The molecule has 1 aromatic carbocycles. The number of nitrogens with one attached hydrogen (secondary N) is 1. The fraction of sp³-hybridized carbons (Fsp3) is 0.0909. The third-order valence-electron chi connectivity index (χ3n) is 2.61. The van der Waals surface area contributed by atoms with Crippen LogP contribution in [0.15, 0.2) is 18.3 Å². The Morgan fingerprint density at radius 1 is 1.24 bits per heavy atom. The van der Waals surface area contributed by atoms with Gasteiger partial charge in [0.2, 0.25) is 6.79 Å². The van der Waals surface area contributed by atoms with Crippen LogP contribution < -0.4 is 9.47 Å². The van der Waals surface area contributed by atoms with Gasteiger partial charge in [-0.2, -0.15) is 0 Å². The molecule has 0 fully saturated rings. The first kappa shape index (κ1) is 9.71. The van der Waals surface area contributed by atoms with Crippen molar-refractivity contribution >= 4 is 22.7 Å². The smallest absolute Gasteiger partial charge is 0.377 e. The van der Waals surface area contributed by atoms with Gasteiger partial charge in [-0.05, 0) is 6.07 Å². The summed E-state index contributed by atoms with van der Waals surface area (Å²) in [6.07, 6.45) is 1.37. The van der Waals surface area contributed by atoms with Crippen LogP contribution >= 0.6 is 0 Å². The van der Waals surface area contributed by atoms with Gasteiger partial charge in [0.25, 0.3) is 5.78 Å². The van der Waals surface area contributed by atoms with Crippen molar-refractivity contribution in [3.8, 4) is 11.5 Å². The van der Waals surface area contributed by atoms with Crippen molar-refractivity contribution in [1.29, 1.82) is 0 Å². The summed E-state index contributed by atoms with van der Waals surface area (Å²) in [4.78, 5) is 24.9. The molecule has 0 atom stereocenters. The van der Waals surface area contributed by atoms with Gasteiger partial charge in [0, 0.05) is 17.6 Å². The van der Waals surface area contributed by atoms with Gasteiger partial charge in [-0.25, -0.2) is 4.79 Å². The molecule has 0 spiro atoms. The van der Waals surface area contributed by atoms with Crippen LogP contribution in [0.5, 0.6) is 11.5 Å².